The van der Waals surface area contributed by atoms with Crippen molar-refractivity contribution in [3.63, 3.8) is 0 Å². The molecule has 0 saturated heterocycles. The summed E-state index contributed by atoms with van der Waals surface area (Å²) in [5.41, 5.74) is 6.55. The van der Waals surface area contributed by atoms with Crippen molar-refractivity contribution in [2.24, 2.45) is 11.7 Å². The van der Waals surface area contributed by atoms with Crippen LogP contribution in [0.2, 0.25) is 0 Å². The summed E-state index contributed by atoms with van der Waals surface area (Å²) >= 11 is 0. The lowest BCUT2D eigenvalue weighted by molar-refractivity contribution is 0.0941. The molecule has 2 aromatic rings. The number of hydrogen-bond acceptors (Lipinski definition) is 6. The van der Waals surface area contributed by atoms with Gasteiger partial charge in [-0.05, 0) is 48.2 Å². The van der Waals surface area contributed by atoms with Crippen molar-refractivity contribution in [2.45, 2.75) is 67.2 Å². The van der Waals surface area contributed by atoms with E-state index in [-0.39, 0.29) is 0 Å². The van der Waals surface area contributed by atoms with Crippen LogP contribution in [0.1, 0.15) is 87.9 Å². The Labute approximate surface area is 204 Å². The summed E-state index contributed by atoms with van der Waals surface area (Å²) in [6.07, 6.45) is 4.09. The average Bonchev–Trinajstić information content (AvgIpc) is 2.85. The molecule has 190 valence electrons. The zero-order valence-corrected chi connectivity index (χ0v) is 21.5. The Hall–Kier alpha value is -3.10. The second-order valence-electron chi connectivity index (χ2n) is 7.48. The average molecular weight is 475 g/mol. The second-order valence-corrected chi connectivity index (χ2v) is 7.48. The Morgan fingerprint density at radius 1 is 0.676 bits per heavy atom. The molecule has 0 spiro atoms. The second kappa shape index (κ2) is 18.3. The van der Waals surface area contributed by atoms with Crippen LogP contribution in [0, 0.1) is 0 Å². The molecule has 0 radical (unpaired) electrons. The van der Waals surface area contributed by atoms with Gasteiger partial charge in [-0.15, -0.1) is 0 Å². The molecule has 8 nitrogen and oxygen atoms in total. The molecule has 0 aliphatic carbocycles. The van der Waals surface area contributed by atoms with Crippen molar-refractivity contribution in [3.8, 4) is 22.6 Å². The van der Waals surface area contributed by atoms with Crippen molar-refractivity contribution in [2.75, 3.05) is 13.2 Å². The van der Waals surface area contributed by atoms with Gasteiger partial charge in [0, 0.05) is 0 Å². The molecule has 0 fully saturated rings. The maximum absolute atomic E-state index is 12.0. The minimum Gasteiger partial charge on any atom is -0.493 e. The van der Waals surface area contributed by atoms with E-state index in [0.717, 1.165) is 24.0 Å². The summed E-state index contributed by atoms with van der Waals surface area (Å²) in [6.45, 7) is 13.4. The first-order valence-electron chi connectivity index (χ1n) is 11.9. The lowest BCUT2D eigenvalue weighted by atomic mass is 10.0. The van der Waals surface area contributed by atoms with Gasteiger partial charge < -0.3 is 9.47 Å². The van der Waals surface area contributed by atoms with Crippen molar-refractivity contribution in [1.82, 2.24) is 10.9 Å². The fourth-order valence-electron chi connectivity index (χ4n) is 2.60. The number of amides is 2. The number of benzene rings is 2. The molecule has 8 heteroatoms. The minimum absolute atomic E-state index is 0.348. The third-order valence-electron chi connectivity index (χ3n) is 3.97. The van der Waals surface area contributed by atoms with E-state index >= 15 is 0 Å². The van der Waals surface area contributed by atoms with Crippen LogP contribution in [0.15, 0.2) is 36.4 Å². The van der Waals surface area contributed by atoms with Gasteiger partial charge in [-0.1, -0.05) is 66.5 Å². The number of nitrogen functional groups attached to an aromatic ring is 2. The molecular formula is C26H42N4O4. The molecule has 0 aromatic heterocycles. The molecule has 0 bridgehead atoms. The van der Waals surface area contributed by atoms with E-state index in [1.807, 2.05) is 13.8 Å². The van der Waals surface area contributed by atoms with Crippen LogP contribution in [0.3, 0.4) is 0 Å². The maximum atomic E-state index is 12.0. The van der Waals surface area contributed by atoms with Gasteiger partial charge in [0.25, 0.3) is 11.8 Å². The number of rotatable bonds is 9. The highest BCUT2D eigenvalue weighted by Crippen LogP contribution is 2.31. The predicted octanol–water partition coefficient (Wildman–Crippen LogP) is 4.97. The summed E-state index contributed by atoms with van der Waals surface area (Å²) in [7, 11) is 0. The zero-order chi connectivity index (χ0) is 25.9. The Morgan fingerprint density at radius 3 is 1.26 bits per heavy atom. The monoisotopic (exact) mass is 474 g/mol. The van der Waals surface area contributed by atoms with Crippen LogP contribution in [0.25, 0.3) is 11.1 Å². The first kappa shape index (κ1) is 30.9. The van der Waals surface area contributed by atoms with Crippen LogP contribution in [-0.4, -0.2) is 25.0 Å². The normalized spacial score (nSPS) is 9.53. The molecule has 2 amide bonds. The molecular weight excluding hydrogens is 432 g/mol. The van der Waals surface area contributed by atoms with E-state index in [9.17, 15) is 9.59 Å². The number of carbonyl (C=O) groups is 2. The molecule has 34 heavy (non-hydrogen) atoms. The Bertz CT molecular complexity index is 800. The van der Waals surface area contributed by atoms with E-state index in [2.05, 4.69) is 38.5 Å². The Balaban J connectivity index is 0.00000164. The van der Waals surface area contributed by atoms with Crippen LogP contribution in [0.5, 0.6) is 11.5 Å². The number of hydrazine groups is 2. The highest BCUT2D eigenvalue weighted by atomic mass is 16.5. The number of ether oxygens (including phenoxy) is 2. The van der Waals surface area contributed by atoms with E-state index in [1.54, 1.807) is 36.4 Å². The van der Waals surface area contributed by atoms with Gasteiger partial charge in [0.05, 0.1) is 24.3 Å². The highest BCUT2D eigenvalue weighted by Gasteiger charge is 2.16. The number of nitrogens with one attached hydrogen (secondary N) is 2. The van der Waals surface area contributed by atoms with Gasteiger partial charge in [-0.2, -0.15) is 0 Å². The van der Waals surface area contributed by atoms with E-state index < -0.39 is 11.8 Å². The van der Waals surface area contributed by atoms with Crippen molar-refractivity contribution >= 4 is 11.8 Å². The molecule has 0 atom stereocenters. The van der Waals surface area contributed by atoms with Gasteiger partial charge in [0.2, 0.25) is 0 Å². The SMILES string of the molecule is CCC.CCC.CCCOc1cc(-c2ccc(C(=O)NN)c(OCCC)c2)ccc1C(=O)NN. The number of nitrogens with two attached hydrogens (primary N) is 2. The van der Waals surface area contributed by atoms with Crippen LogP contribution < -0.4 is 32.0 Å². The predicted molar refractivity (Wildman–Crippen MR) is 139 cm³/mol. The highest BCUT2D eigenvalue weighted by molar-refractivity contribution is 5.98. The molecule has 0 unspecified atom stereocenters. The lowest BCUT2D eigenvalue weighted by Crippen LogP contribution is -2.30. The first-order chi connectivity index (χ1) is 16.4. The molecule has 0 saturated carbocycles. The molecule has 0 aliphatic heterocycles. The molecule has 2 aromatic carbocycles. The summed E-state index contributed by atoms with van der Waals surface area (Å²) in [5, 5.41) is 0. The van der Waals surface area contributed by atoms with Crippen molar-refractivity contribution in [3.05, 3.63) is 47.5 Å². The largest absolute Gasteiger partial charge is 0.493 e. The van der Waals surface area contributed by atoms with Crippen LogP contribution in [-0.2, 0) is 0 Å². The van der Waals surface area contributed by atoms with E-state index in [0.29, 0.717) is 35.8 Å². The fourth-order valence-corrected chi connectivity index (χ4v) is 2.60. The summed E-state index contributed by atoms with van der Waals surface area (Å²) < 4.78 is 11.4. The van der Waals surface area contributed by atoms with Crippen molar-refractivity contribution in [1.29, 1.82) is 0 Å². The van der Waals surface area contributed by atoms with Crippen molar-refractivity contribution < 1.29 is 19.1 Å². The van der Waals surface area contributed by atoms with Gasteiger partial charge >= 0.3 is 0 Å². The quantitative estimate of drug-likeness (QED) is 0.231. The fraction of sp³-hybridized carbons (Fsp3) is 0.462. The topological polar surface area (TPSA) is 129 Å². The third-order valence-corrected chi connectivity index (χ3v) is 3.97. The molecule has 2 rings (SSSR count). The lowest BCUT2D eigenvalue weighted by Gasteiger charge is -2.14. The smallest absolute Gasteiger partial charge is 0.268 e. The molecule has 0 aliphatic rings. The number of carbonyl (C=O) groups excluding carboxylic acids is 2. The van der Waals surface area contributed by atoms with E-state index in [1.165, 1.54) is 12.8 Å². The standard InChI is InChI=1S/C20H26N4O4.2C3H8/c1-3-9-27-17-11-13(5-7-15(17)19(25)23-21)14-6-8-16(20(26)24-22)18(12-14)28-10-4-2;2*1-3-2/h5-8,11-12H,3-4,9-10,21-22H2,1-2H3,(H,23,25)(H,24,26);2*3H2,1-2H3. The number of hydrogen-bond donors (Lipinski definition) is 4. The first-order valence-corrected chi connectivity index (χ1v) is 11.9. The van der Waals surface area contributed by atoms with E-state index in [4.69, 9.17) is 21.2 Å². The third kappa shape index (κ3) is 10.2. The van der Waals surface area contributed by atoms with Crippen LogP contribution >= 0.6 is 0 Å². The Kier molecular flexibility index (Phi) is 16.7. The summed E-state index contributed by atoms with van der Waals surface area (Å²) in [4.78, 5) is 24.0. The van der Waals surface area contributed by atoms with Gasteiger partial charge in [-0.25, -0.2) is 11.7 Å². The zero-order valence-electron chi connectivity index (χ0n) is 21.5. The minimum atomic E-state index is -0.431. The Morgan fingerprint density at radius 2 is 1.00 bits per heavy atom. The summed E-state index contributed by atoms with van der Waals surface area (Å²) in [6, 6.07) is 10.4. The van der Waals surface area contributed by atoms with Crippen LogP contribution in [0.4, 0.5) is 0 Å². The van der Waals surface area contributed by atoms with Gasteiger partial charge in [0.1, 0.15) is 11.5 Å². The van der Waals surface area contributed by atoms with Gasteiger partial charge in [0.15, 0.2) is 0 Å². The summed E-state index contributed by atoms with van der Waals surface area (Å²) in [5.74, 6) is 10.5. The molecule has 0 heterocycles. The maximum Gasteiger partial charge on any atom is 0.268 e. The molecule has 6 N–H and O–H groups in total. The van der Waals surface area contributed by atoms with Gasteiger partial charge in [-0.3, -0.25) is 20.4 Å².